The van der Waals surface area contributed by atoms with Crippen LogP contribution in [0, 0.1) is 11.8 Å². The molecule has 1 fully saturated rings. The number of hydrogen-bond donors (Lipinski definition) is 2. The minimum absolute atomic E-state index is 0.000653. The third-order valence-electron chi connectivity index (χ3n) is 4.51. The summed E-state index contributed by atoms with van der Waals surface area (Å²) in [6.45, 7) is 4.98. The van der Waals surface area contributed by atoms with Crippen molar-refractivity contribution < 1.29 is 19.5 Å². The van der Waals surface area contributed by atoms with Gasteiger partial charge in [-0.05, 0) is 50.5 Å². The molecule has 1 aliphatic carbocycles. The lowest BCUT2D eigenvalue weighted by atomic mass is 10.0. The van der Waals surface area contributed by atoms with Gasteiger partial charge in [0.2, 0.25) is 5.91 Å². The quantitative estimate of drug-likeness (QED) is 0.871. The van der Waals surface area contributed by atoms with Crippen LogP contribution in [0.3, 0.4) is 0 Å². The van der Waals surface area contributed by atoms with Gasteiger partial charge in [-0.15, -0.1) is 0 Å². The van der Waals surface area contributed by atoms with Crippen molar-refractivity contribution in [3.05, 3.63) is 29.8 Å². The molecule has 0 aromatic heterocycles. The lowest BCUT2D eigenvalue weighted by Crippen LogP contribution is -2.50. The van der Waals surface area contributed by atoms with Crippen molar-refractivity contribution in [1.29, 1.82) is 0 Å². The van der Waals surface area contributed by atoms with Crippen molar-refractivity contribution in [2.24, 2.45) is 11.8 Å². The SMILES string of the molecule is CC1CC1C(=O)Nc1ccc(C(=O)N(C)C(C)(C)C(=O)O)cc1. The second-order valence-corrected chi connectivity index (χ2v) is 6.61. The molecule has 23 heavy (non-hydrogen) atoms. The van der Waals surface area contributed by atoms with E-state index in [0.717, 1.165) is 6.42 Å². The normalized spacial score (nSPS) is 19.8. The number of nitrogens with zero attached hydrogens (tertiary/aromatic N) is 1. The van der Waals surface area contributed by atoms with Crippen LogP contribution in [0.5, 0.6) is 0 Å². The number of carboxylic acid groups (broad SMARTS) is 1. The summed E-state index contributed by atoms with van der Waals surface area (Å²) in [7, 11) is 1.46. The molecule has 0 aliphatic heterocycles. The van der Waals surface area contributed by atoms with Crippen molar-refractivity contribution in [3.8, 4) is 0 Å². The van der Waals surface area contributed by atoms with Crippen LogP contribution in [0.1, 0.15) is 37.6 Å². The second kappa shape index (κ2) is 6.02. The number of likely N-dealkylation sites (N-methyl/N-ethyl adjacent to an activating group) is 1. The Morgan fingerprint density at radius 2 is 1.74 bits per heavy atom. The maximum Gasteiger partial charge on any atom is 0.329 e. The molecule has 0 heterocycles. The number of aliphatic carboxylic acids is 1. The van der Waals surface area contributed by atoms with Gasteiger partial charge >= 0.3 is 5.97 Å². The van der Waals surface area contributed by atoms with E-state index in [1.807, 2.05) is 6.92 Å². The molecule has 1 aliphatic rings. The molecule has 6 heteroatoms. The fraction of sp³-hybridized carbons (Fsp3) is 0.471. The highest BCUT2D eigenvalue weighted by Crippen LogP contribution is 2.38. The predicted octanol–water partition coefficient (Wildman–Crippen LogP) is 2.22. The maximum absolute atomic E-state index is 12.4. The summed E-state index contributed by atoms with van der Waals surface area (Å²) in [5, 5.41) is 12.0. The average molecular weight is 318 g/mol. The first-order chi connectivity index (χ1) is 10.6. The van der Waals surface area contributed by atoms with Gasteiger partial charge in [0.15, 0.2) is 0 Å². The standard InChI is InChI=1S/C17H22N2O4/c1-10-9-13(10)14(20)18-12-7-5-11(6-8-12)15(21)19(4)17(2,3)16(22)23/h5-8,10,13H,9H2,1-4H3,(H,18,20)(H,22,23). The first-order valence-corrected chi connectivity index (χ1v) is 7.57. The van der Waals surface area contributed by atoms with Crippen LogP contribution in [0.25, 0.3) is 0 Å². The first-order valence-electron chi connectivity index (χ1n) is 7.57. The molecule has 2 N–H and O–H groups in total. The van der Waals surface area contributed by atoms with Gasteiger partial charge in [-0.3, -0.25) is 9.59 Å². The lowest BCUT2D eigenvalue weighted by molar-refractivity contribution is -0.147. The molecule has 1 aromatic rings. The Kier molecular flexibility index (Phi) is 4.45. The molecule has 0 saturated heterocycles. The van der Waals surface area contributed by atoms with E-state index < -0.39 is 11.5 Å². The van der Waals surface area contributed by atoms with Gasteiger partial charge in [0.05, 0.1) is 0 Å². The summed E-state index contributed by atoms with van der Waals surface area (Å²) in [6.07, 6.45) is 0.914. The zero-order chi connectivity index (χ0) is 17.4. The Morgan fingerprint density at radius 1 is 1.22 bits per heavy atom. The van der Waals surface area contributed by atoms with Crippen LogP contribution in [0.15, 0.2) is 24.3 Å². The van der Waals surface area contributed by atoms with E-state index in [1.54, 1.807) is 24.3 Å². The minimum atomic E-state index is -1.30. The smallest absolute Gasteiger partial charge is 0.329 e. The summed E-state index contributed by atoms with van der Waals surface area (Å²) < 4.78 is 0. The molecule has 0 spiro atoms. The van der Waals surface area contributed by atoms with E-state index >= 15 is 0 Å². The van der Waals surface area contributed by atoms with Gasteiger partial charge < -0.3 is 15.3 Å². The summed E-state index contributed by atoms with van der Waals surface area (Å²) in [6, 6.07) is 6.48. The van der Waals surface area contributed by atoms with Crippen LogP contribution >= 0.6 is 0 Å². The zero-order valence-corrected chi connectivity index (χ0v) is 13.8. The van der Waals surface area contributed by atoms with Crippen molar-refractivity contribution in [2.45, 2.75) is 32.7 Å². The molecular formula is C17H22N2O4. The number of benzene rings is 1. The van der Waals surface area contributed by atoms with E-state index in [2.05, 4.69) is 5.32 Å². The second-order valence-electron chi connectivity index (χ2n) is 6.61. The van der Waals surface area contributed by atoms with Gasteiger partial charge in [0.25, 0.3) is 5.91 Å². The largest absolute Gasteiger partial charge is 0.480 e. The van der Waals surface area contributed by atoms with Crippen molar-refractivity contribution in [3.63, 3.8) is 0 Å². The lowest BCUT2D eigenvalue weighted by Gasteiger charge is -2.31. The molecule has 0 bridgehead atoms. The number of carbonyl (C=O) groups is 3. The number of carbonyl (C=O) groups excluding carboxylic acids is 2. The molecule has 2 amide bonds. The van der Waals surface area contributed by atoms with E-state index in [4.69, 9.17) is 0 Å². The topological polar surface area (TPSA) is 86.7 Å². The highest BCUT2D eigenvalue weighted by atomic mass is 16.4. The Labute approximate surface area is 135 Å². The van der Waals surface area contributed by atoms with Crippen LogP contribution in [-0.2, 0) is 9.59 Å². The first kappa shape index (κ1) is 17.0. The fourth-order valence-electron chi connectivity index (χ4n) is 2.21. The minimum Gasteiger partial charge on any atom is -0.480 e. The average Bonchev–Trinajstić information content (AvgIpc) is 3.23. The van der Waals surface area contributed by atoms with Gasteiger partial charge in [0, 0.05) is 24.2 Å². The molecular weight excluding hydrogens is 296 g/mol. The molecule has 2 atom stereocenters. The Morgan fingerprint density at radius 3 is 2.17 bits per heavy atom. The van der Waals surface area contributed by atoms with Crippen LogP contribution in [0.2, 0.25) is 0 Å². The number of anilines is 1. The fourth-order valence-corrected chi connectivity index (χ4v) is 2.21. The highest BCUT2D eigenvalue weighted by molar-refractivity contribution is 5.98. The van der Waals surface area contributed by atoms with Crippen LogP contribution < -0.4 is 5.32 Å². The molecule has 1 aromatic carbocycles. The molecule has 2 rings (SSSR count). The van der Waals surface area contributed by atoms with Gasteiger partial charge in [0.1, 0.15) is 5.54 Å². The zero-order valence-electron chi connectivity index (χ0n) is 13.8. The summed E-state index contributed by atoms with van der Waals surface area (Å²) in [5.74, 6) is -0.941. The monoisotopic (exact) mass is 318 g/mol. The summed E-state index contributed by atoms with van der Waals surface area (Å²) in [5.41, 5.74) is -0.295. The third kappa shape index (κ3) is 3.52. The number of rotatable bonds is 5. The molecule has 2 unspecified atom stereocenters. The maximum atomic E-state index is 12.4. The van der Waals surface area contributed by atoms with Crippen molar-refractivity contribution >= 4 is 23.5 Å². The Hall–Kier alpha value is -2.37. The van der Waals surface area contributed by atoms with Crippen molar-refractivity contribution in [1.82, 2.24) is 4.90 Å². The van der Waals surface area contributed by atoms with E-state index in [9.17, 15) is 19.5 Å². The van der Waals surface area contributed by atoms with Gasteiger partial charge in [-0.1, -0.05) is 6.92 Å². The number of carboxylic acids is 1. The van der Waals surface area contributed by atoms with Crippen LogP contribution in [0.4, 0.5) is 5.69 Å². The third-order valence-corrected chi connectivity index (χ3v) is 4.51. The van der Waals surface area contributed by atoms with Crippen molar-refractivity contribution in [2.75, 3.05) is 12.4 Å². The summed E-state index contributed by atoms with van der Waals surface area (Å²) >= 11 is 0. The molecule has 6 nitrogen and oxygen atoms in total. The number of amides is 2. The molecule has 1 saturated carbocycles. The van der Waals surface area contributed by atoms with Gasteiger partial charge in [-0.25, -0.2) is 4.79 Å². The summed E-state index contributed by atoms with van der Waals surface area (Å²) in [4.78, 5) is 36.7. The number of hydrogen-bond acceptors (Lipinski definition) is 3. The van der Waals surface area contributed by atoms with Gasteiger partial charge in [-0.2, -0.15) is 0 Å². The number of nitrogens with one attached hydrogen (secondary N) is 1. The van der Waals surface area contributed by atoms with E-state index in [1.165, 1.54) is 25.8 Å². The molecule has 0 radical (unpaired) electrons. The Balaban J connectivity index is 2.05. The molecule has 124 valence electrons. The van der Waals surface area contributed by atoms with Crippen LogP contribution in [-0.4, -0.2) is 40.4 Å². The highest BCUT2D eigenvalue weighted by Gasteiger charge is 2.39. The predicted molar refractivity (Wildman–Crippen MR) is 86.2 cm³/mol. The Bertz CT molecular complexity index is 636. The van der Waals surface area contributed by atoms with E-state index in [0.29, 0.717) is 17.2 Å². The van der Waals surface area contributed by atoms with E-state index in [-0.39, 0.29) is 17.7 Å².